The van der Waals surface area contributed by atoms with Crippen molar-refractivity contribution in [2.24, 2.45) is 14.1 Å². The lowest BCUT2D eigenvalue weighted by atomic mass is 10.1. The molecule has 0 amide bonds. The standard InChI is InChI=1S/C18H16N6O/c1-23-11-19-10-17(23)14-4-3-12-9-20-13(7-16(12)21-14)8-18(25)15-5-6-24(2)22-15/h3-7,9-11H,8H2,1-2H3. The Morgan fingerprint density at radius 1 is 1.16 bits per heavy atom. The van der Waals surface area contributed by atoms with Crippen molar-refractivity contribution >= 4 is 16.7 Å². The highest BCUT2D eigenvalue weighted by Gasteiger charge is 2.12. The smallest absolute Gasteiger partial charge is 0.188 e. The number of hydrogen-bond donors (Lipinski definition) is 0. The highest BCUT2D eigenvalue weighted by Crippen LogP contribution is 2.20. The Morgan fingerprint density at radius 3 is 2.76 bits per heavy atom. The maximum Gasteiger partial charge on any atom is 0.188 e. The number of ketones is 1. The van der Waals surface area contributed by atoms with E-state index in [1.54, 1.807) is 42.7 Å². The van der Waals surface area contributed by atoms with Crippen molar-refractivity contribution in [1.82, 2.24) is 29.3 Å². The van der Waals surface area contributed by atoms with Crippen LogP contribution in [0.15, 0.2) is 49.2 Å². The van der Waals surface area contributed by atoms with Crippen molar-refractivity contribution < 1.29 is 4.79 Å². The number of carbonyl (C=O) groups excluding carboxylic acids is 1. The first kappa shape index (κ1) is 15.2. The van der Waals surface area contributed by atoms with Gasteiger partial charge in [0, 0.05) is 31.9 Å². The van der Waals surface area contributed by atoms with Crippen LogP contribution in [0.3, 0.4) is 0 Å². The van der Waals surface area contributed by atoms with E-state index in [4.69, 9.17) is 4.98 Å². The van der Waals surface area contributed by atoms with Crippen LogP contribution in [-0.4, -0.2) is 35.1 Å². The Bertz CT molecular complexity index is 1080. The third kappa shape index (κ3) is 2.91. The molecule has 7 nitrogen and oxygen atoms in total. The Kier molecular flexibility index (Phi) is 3.61. The summed E-state index contributed by atoms with van der Waals surface area (Å²) in [7, 11) is 3.71. The number of aromatic nitrogens is 6. The van der Waals surface area contributed by atoms with Crippen LogP contribution in [0.1, 0.15) is 16.2 Å². The topological polar surface area (TPSA) is 78.5 Å². The predicted molar refractivity (Wildman–Crippen MR) is 93.0 cm³/mol. The van der Waals surface area contributed by atoms with Gasteiger partial charge in [0.2, 0.25) is 0 Å². The van der Waals surface area contributed by atoms with E-state index < -0.39 is 0 Å². The van der Waals surface area contributed by atoms with Gasteiger partial charge < -0.3 is 4.57 Å². The first-order valence-electron chi connectivity index (χ1n) is 7.85. The van der Waals surface area contributed by atoms with E-state index in [0.717, 1.165) is 22.3 Å². The van der Waals surface area contributed by atoms with E-state index in [2.05, 4.69) is 15.1 Å². The molecule has 7 heteroatoms. The van der Waals surface area contributed by atoms with Crippen LogP contribution in [0.2, 0.25) is 0 Å². The van der Waals surface area contributed by atoms with Crippen molar-refractivity contribution in [3.8, 4) is 11.4 Å². The van der Waals surface area contributed by atoms with Gasteiger partial charge in [0.15, 0.2) is 5.78 Å². The molecule has 4 heterocycles. The van der Waals surface area contributed by atoms with Gasteiger partial charge in [-0.25, -0.2) is 9.97 Å². The van der Waals surface area contributed by atoms with Crippen LogP contribution in [0.5, 0.6) is 0 Å². The minimum atomic E-state index is -0.0600. The number of Topliss-reactive ketones (excluding diaryl/α,β-unsaturated/α-hetero) is 1. The van der Waals surface area contributed by atoms with Crippen LogP contribution in [0.25, 0.3) is 22.3 Å². The summed E-state index contributed by atoms with van der Waals surface area (Å²) < 4.78 is 3.53. The van der Waals surface area contributed by atoms with Crippen LogP contribution in [0.4, 0.5) is 0 Å². The van der Waals surface area contributed by atoms with Gasteiger partial charge in [0.25, 0.3) is 0 Å². The van der Waals surface area contributed by atoms with Gasteiger partial charge in [0.05, 0.1) is 41.5 Å². The number of carbonyl (C=O) groups is 1. The van der Waals surface area contributed by atoms with Crippen LogP contribution >= 0.6 is 0 Å². The second-order valence-electron chi connectivity index (χ2n) is 5.93. The van der Waals surface area contributed by atoms with Gasteiger partial charge in [-0.3, -0.25) is 14.5 Å². The molecule has 0 N–H and O–H groups in total. The van der Waals surface area contributed by atoms with E-state index in [-0.39, 0.29) is 12.2 Å². The summed E-state index contributed by atoms with van der Waals surface area (Å²) in [5.41, 5.74) is 3.70. The summed E-state index contributed by atoms with van der Waals surface area (Å²) in [6.07, 6.45) is 7.22. The fourth-order valence-electron chi connectivity index (χ4n) is 2.72. The highest BCUT2D eigenvalue weighted by molar-refractivity contribution is 5.95. The Hall–Kier alpha value is -3.35. The lowest BCUT2D eigenvalue weighted by Gasteiger charge is -2.05. The molecule has 0 aliphatic heterocycles. The van der Waals surface area contributed by atoms with Gasteiger partial charge >= 0.3 is 0 Å². The summed E-state index contributed by atoms with van der Waals surface area (Å²) in [5.74, 6) is -0.0600. The third-order valence-corrected chi connectivity index (χ3v) is 4.05. The van der Waals surface area contributed by atoms with Crippen molar-refractivity contribution in [2.45, 2.75) is 6.42 Å². The Balaban J connectivity index is 1.67. The highest BCUT2D eigenvalue weighted by atomic mass is 16.1. The SMILES string of the molecule is Cn1ccc(C(=O)Cc2cc3nc(-c4cncn4C)ccc3cn2)n1. The van der Waals surface area contributed by atoms with Crippen LogP contribution < -0.4 is 0 Å². The number of nitrogens with zero attached hydrogens (tertiary/aromatic N) is 6. The van der Waals surface area contributed by atoms with Gasteiger partial charge in [-0.05, 0) is 24.3 Å². The zero-order valence-corrected chi connectivity index (χ0v) is 13.9. The molecular formula is C18H16N6O. The lowest BCUT2D eigenvalue weighted by Crippen LogP contribution is -2.06. The van der Waals surface area contributed by atoms with Crippen molar-refractivity contribution in [2.75, 3.05) is 0 Å². The summed E-state index contributed by atoms with van der Waals surface area (Å²) in [6.45, 7) is 0. The third-order valence-electron chi connectivity index (χ3n) is 4.05. The van der Waals surface area contributed by atoms with Crippen molar-refractivity contribution in [3.63, 3.8) is 0 Å². The molecule has 25 heavy (non-hydrogen) atoms. The largest absolute Gasteiger partial charge is 0.332 e. The van der Waals surface area contributed by atoms with Gasteiger partial charge in [-0.2, -0.15) is 5.10 Å². The molecule has 4 rings (SSSR count). The summed E-state index contributed by atoms with van der Waals surface area (Å²) in [6, 6.07) is 7.49. The van der Waals surface area contributed by atoms with Gasteiger partial charge in [-0.15, -0.1) is 0 Å². The molecule has 0 spiro atoms. The minimum Gasteiger partial charge on any atom is -0.332 e. The molecule has 0 saturated heterocycles. The van der Waals surface area contributed by atoms with Gasteiger partial charge in [0.1, 0.15) is 5.69 Å². The molecule has 4 aromatic rings. The zero-order valence-electron chi connectivity index (χ0n) is 13.9. The fourth-order valence-corrected chi connectivity index (χ4v) is 2.72. The minimum absolute atomic E-state index is 0.0600. The average molecular weight is 332 g/mol. The average Bonchev–Trinajstić information content (AvgIpc) is 3.22. The second-order valence-corrected chi connectivity index (χ2v) is 5.93. The molecule has 124 valence electrons. The number of imidazole rings is 1. The zero-order chi connectivity index (χ0) is 17.4. The number of hydrogen-bond acceptors (Lipinski definition) is 5. The molecule has 0 aromatic carbocycles. The first-order valence-corrected chi connectivity index (χ1v) is 7.85. The van der Waals surface area contributed by atoms with E-state index in [9.17, 15) is 4.79 Å². The van der Waals surface area contributed by atoms with Crippen LogP contribution in [-0.2, 0) is 20.5 Å². The molecular weight excluding hydrogens is 316 g/mol. The Morgan fingerprint density at radius 2 is 2.04 bits per heavy atom. The second kappa shape index (κ2) is 5.94. The normalized spacial score (nSPS) is 11.1. The maximum absolute atomic E-state index is 12.3. The molecule has 0 fully saturated rings. The van der Waals surface area contributed by atoms with Crippen LogP contribution in [0, 0.1) is 0 Å². The fraction of sp³-hybridized carbons (Fsp3) is 0.167. The maximum atomic E-state index is 12.3. The number of fused-ring (bicyclic) bond motifs is 1. The van der Waals surface area contributed by atoms with Crippen molar-refractivity contribution in [3.05, 3.63) is 60.6 Å². The molecule has 0 aliphatic rings. The quantitative estimate of drug-likeness (QED) is 0.535. The monoisotopic (exact) mass is 332 g/mol. The Labute approximate surface area is 144 Å². The van der Waals surface area contributed by atoms with E-state index in [1.165, 1.54) is 0 Å². The molecule has 0 radical (unpaired) electrons. The number of aryl methyl sites for hydroxylation is 2. The number of pyridine rings is 2. The molecule has 4 aromatic heterocycles. The summed E-state index contributed by atoms with van der Waals surface area (Å²) in [4.78, 5) is 25.5. The molecule has 0 aliphatic carbocycles. The predicted octanol–water partition coefficient (Wildman–Crippen LogP) is 2.19. The summed E-state index contributed by atoms with van der Waals surface area (Å²) in [5, 5.41) is 5.07. The first-order chi connectivity index (χ1) is 12.1. The lowest BCUT2D eigenvalue weighted by molar-refractivity contribution is 0.0986. The summed E-state index contributed by atoms with van der Waals surface area (Å²) >= 11 is 0. The van der Waals surface area contributed by atoms with E-state index >= 15 is 0 Å². The molecule has 0 bridgehead atoms. The van der Waals surface area contributed by atoms with Crippen molar-refractivity contribution in [1.29, 1.82) is 0 Å². The molecule has 0 saturated carbocycles. The van der Waals surface area contributed by atoms with E-state index in [1.807, 2.05) is 29.8 Å². The number of rotatable bonds is 4. The van der Waals surface area contributed by atoms with Gasteiger partial charge in [-0.1, -0.05) is 0 Å². The van der Waals surface area contributed by atoms with E-state index in [0.29, 0.717) is 11.4 Å². The molecule has 0 atom stereocenters. The molecule has 0 unspecified atom stereocenters.